The van der Waals surface area contributed by atoms with Crippen molar-refractivity contribution >= 4 is 11.6 Å². The van der Waals surface area contributed by atoms with Gasteiger partial charge in [0.1, 0.15) is 5.69 Å². The number of rotatable bonds is 2. The number of aryl methyl sites for hydroxylation is 1. The average molecular weight is 282 g/mol. The number of halogens is 1. The quantitative estimate of drug-likeness (QED) is 0.708. The van der Waals surface area contributed by atoms with Crippen molar-refractivity contribution in [2.24, 2.45) is 0 Å². The molecule has 0 spiro atoms. The average Bonchev–Trinajstić information content (AvgIpc) is 2.48. The molecule has 0 bridgehead atoms. The van der Waals surface area contributed by atoms with Gasteiger partial charge >= 0.3 is 0 Å². The Morgan fingerprint density at radius 1 is 0.900 bits per heavy atom. The first-order valence-corrected chi connectivity index (χ1v) is 6.64. The Bertz CT molecular complexity index is 742. The topological polar surface area (TPSA) is 38.7 Å². The molecule has 0 saturated heterocycles. The summed E-state index contributed by atoms with van der Waals surface area (Å²) in [5.74, 6) is 0.612. The number of hydrogen-bond donors (Lipinski definition) is 0. The van der Waals surface area contributed by atoms with Gasteiger partial charge < -0.3 is 0 Å². The molecule has 0 N–H and O–H groups in total. The van der Waals surface area contributed by atoms with Crippen LogP contribution in [0.1, 0.15) is 5.69 Å². The van der Waals surface area contributed by atoms with Gasteiger partial charge in [-0.05, 0) is 31.2 Å². The number of benzene rings is 1. The van der Waals surface area contributed by atoms with Crippen LogP contribution in [0.3, 0.4) is 0 Å². The summed E-state index contributed by atoms with van der Waals surface area (Å²) in [4.78, 5) is 13.3. The highest BCUT2D eigenvalue weighted by Gasteiger charge is 2.09. The van der Waals surface area contributed by atoms with Crippen molar-refractivity contribution in [1.29, 1.82) is 0 Å². The third kappa shape index (κ3) is 2.53. The lowest BCUT2D eigenvalue weighted by Gasteiger charge is -2.07. The molecular formula is C16H12ClN3. The smallest absolute Gasteiger partial charge is 0.178 e. The Hall–Kier alpha value is -2.26. The van der Waals surface area contributed by atoms with Gasteiger partial charge in [-0.25, -0.2) is 9.97 Å². The van der Waals surface area contributed by atoms with Gasteiger partial charge in [0.25, 0.3) is 0 Å². The molecule has 4 heteroatoms. The zero-order chi connectivity index (χ0) is 13.9. The second-order valence-corrected chi connectivity index (χ2v) is 4.82. The van der Waals surface area contributed by atoms with Gasteiger partial charge in [0.15, 0.2) is 5.82 Å². The van der Waals surface area contributed by atoms with Crippen LogP contribution in [0.25, 0.3) is 22.8 Å². The monoisotopic (exact) mass is 281 g/mol. The predicted molar refractivity (Wildman–Crippen MR) is 80.4 cm³/mol. The molecule has 0 radical (unpaired) electrons. The summed E-state index contributed by atoms with van der Waals surface area (Å²) in [6.07, 6.45) is 1.73. The fraction of sp³-hybridized carbons (Fsp3) is 0.0625. The molecular weight excluding hydrogens is 270 g/mol. The highest BCUT2D eigenvalue weighted by Crippen LogP contribution is 2.27. The van der Waals surface area contributed by atoms with Gasteiger partial charge in [0.2, 0.25) is 0 Å². The molecule has 1 aromatic carbocycles. The van der Waals surface area contributed by atoms with E-state index in [0.717, 1.165) is 22.6 Å². The molecule has 0 unspecified atom stereocenters. The maximum Gasteiger partial charge on any atom is 0.178 e. The maximum absolute atomic E-state index is 6.23. The van der Waals surface area contributed by atoms with Crippen LogP contribution in [0.5, 0.6) is 0 Å². The van der Waals surface area contributed by atoms with Crippen molar-refractivity contribution in [1.82, 2.24) is 15.0 Å². The van der Waals surface area contributed by atoms with Crippen molar-refractivity contribution in [2.75, 3.05) is 0 Å². The van der Waals surface area contributed by atoms with Crippen molar-refractivity contribution < 1.29 is 0 Å². The van der Waals surface area contributed by atoms with E-state index in [-0.39, 0.29) is 0 Å². The van der Waals surface area contributed by atoms with E-state index in [9.17, 15) is 0 Å². The molecule has 0 aliphatic carbocycles. The summed E-state index contributed by atoms with van der Waals surface area (Å²) in [6.45, 7) is 1.94. The standard InChI is InChI=1S/C16H12ClN3/c1-11-10-15(12-6-2-3-7-13(12)17)20-16(19-11)14-8-4-5-9-18-14/h2-10H,1H3. The van der Waals surface area contributed by atoms with Gasteiger partial charge in [0.05, 0.1) is 5.69 Å². The van der Waals surface area contributed by atoms with Crippen molar-refractivity contribution in [3.63, 3.8) is 0 Å². The summed E-state index contributed by atoms with van der Waals surface area (Å²) in [7, 11) is 0. The van der Waals surface area contributed by atoms with Gasteiger partial charge in [0, 0.05) is 22.5 Å². The van der Waals surface area contributed by atoms with Crippen LogP contribution in [0.4, 0.5) is 0 Å². The van der Waals surface area contributed by atoms with E-state index in [0.29, 0.717) is 10.8 Å². The van der Waals surface area contributed by atoms with Crippen LogP contribution in [0.15, 0.2) is 54.7 Å². The van der Waals surface area contributed by atoms with E-state index in [2.05, 4.69) is 15.0 Å². The Kier molecular flexibility index (Phi) is 3.44. The number of aromatic nitrogens is 3. The predicted octanol–water partition coefficient (Wildman–Crippen LogP) is 4.17. The minimum absolute atomic E-state index is 0.612. The van der Waals surface area contributed by atoms with E-state index in [4.69, 9.17) is 11.6 Å². The largest absolute Gasteiger partial charge is 0.253 e. The lowest BCUT2D eigenvalue weighted by atomic mass is 10.1. The van der Waals surface area contributed by atoms with Crippen LogP contribution < -0.4 is 0 Å². The second-order valence-electron chi connectivity index (χ2n) is 4.41. The lowest BCUT2D eigenvalue weighted by molar-refractivity contribution is 1.09. The Morgan fingerprint density at radius 2 is 1.70 bits per heavy atom. The third-order valence-corrected chi connectivity index (χ3v) is 3.23. The molecule has 0 aliphatic rings. The summed E-state index contributed by atoms with van der Waals surface area (Å²) < 4.78 is 0. The number of pyridine rings is 1. The zero-order valence-corrected chi connectivity index (χ0v) is 11.7. The minimum Gasteiger partial charge on any atom is -0.253 e. The Labute approximate surface area is 122 Å². The molecule has 0 saturated carbocycles. The fourth-order valence-corrected chi connectivity index (χ4v) is 2.22. The van der Waals surface area contributed by atoms with Crippen molar-refractivity contribution in [2.45, 2.75) is 6.92 Å². The first-order valence-electron chi connectivity index (χ1n) is 6.26. The maximum atomic E-state index is 6.23. The van der Waals surface area contributed by atoms with Crippen LogP contribution >= 0.6 is 11.6 Å². The lowest BCUT2D eigenvalue weighted by Crippen LogP contribution is -1.96. The summed E-state index contributed by atoms with van der Waals surface area (Å²) >= 11 is 6.23. The SMILES string of the molecule is Cc1cc(-c2ccccc2Cl)nc(-c2ccccn2)n1. The highest BCUT2D eigenvalue weighted by molar-refractivity contribution is 6.33. The summed E-state index contributed by atoms with van der Waals surface area (Å²) in [6, 6.07) is 15.3. The molecule has 20 heavy (non-hydrogen) atoms. The van der Waals surface area contributed by atoms with Crippen LogP contribution in [0, 0.1) is 6.92 Å². The van der Waals surface area contributed by atoms with Crippen LogP contribution in [0.2, 0.25) is 5.02 Å². The van der Waals surface area contributed by atoms with E-state index in [1.165, 1.54) is 0 Å². The first-order chi connectivity index (χ1) is 9.74. The molecule has 2 heterocycles. The van der Waals surface area contributed by atoms with E-state index >= 15 is 0 Å². The van der Waals surface area contributed by atoms with Gasteiger partial charge in [-0.3, -0.25) is 4.98 Å². The van der Waals surface area contributed by atoms with Crippen LogP contribution in [-0.4, -0.2) is 15.0 Å². The van der Waals surface area contributed by atoms with E-state index in [1.54, 1.807) is 6.20 Å². The molecule has 0 aliphatic heterocycles. The summed E-state index contributed by atoms with van der Waals surface area (Å²) in [5, 5.41) is 0.678. The molecule has 3 rings (SSSR count). The van der Waals surface area contributed by atoms with Gasteiger partial charge in [-0.2, -0.15) is 0 Å². The summed E-state index contributed by atoms with van der Waals surface area (Å²) in [5.41, 5.74) is 3.35. The molecule has 98 valence electrons. The van der Waals surface area contributed by atoms with Crippen molar-refractivity contribution in [3.05, 3.63) is 65.4 Å². The van der Waals surface area contributed by atoms with Gasteiger partial charge in [-0.1, -0.05) is 35.9 Å². The van der Waals surface area contributed by atoms with E-state index < -0.39 is 0 Å². The van der Waals surface area contributed by atoms with Crippen molar-refractivity contribution in [3.8, 4) is 22.8 Å². The Morgan fingerprint density at radius 3 is 2.45 bits per heavy atom. The fourth-order valence-electron chi connectivity index (χ4n) is 1.99. The second kappa shape index (κ2) is 5.39. The van der Waals surface area contributed by atoms with Crippen LogP contribution in [-0.2, 0) is 0 Å². The molecule has 0 atom stereocenters. The molecule has 3 nitrogen and oxygen atoms in total. The Balaban J connectivity index is 2.15. The molecule has 3 aromatic rings. The molecule has 0 fully saturated rings. The first kappa shape index (κ1) is 12.8. The normalized spacial score (nSPS) is 10.5. The van der Waals surface area contributed by atoms with E-state index in [1.807, 2.05) is 55.5 Å². The number of nitrogens with zero attached hydrogens (tertiary/aromatic N) is 3. The number of hydrogen-bond acceptors (Lipinski definition) is 3. The third-order valence-electron chi connectivity index (χ3n) is 2.90. The molecule has 0 amide bonds. The zero-order valence-electron chi connectivity index (χ0n) is 10.9. The molecule has 2 aromatic heterocycles. The minimum atomic E-state index is 0.612. The highest BCUT2D eigenvalue weighted by atomic mass is 35.5. The van der Waals surface area contributed by atoms with Gasteiger partial charge in [-0.15, -0.1) is 0 Å².